The molecule has 1 fully saturated rings. The summed E-state index contributed by atoms with van der Waals surface area (Å²) in [6.07, 6.45) is 2.16. The molecule has 2 unspecified atom stereocenters. The number of carbonyl (C=O) groups is 2. The van der Waals surface area contributed by atoms with Crippen LogP contribution in [-0.2, 0) is 16.0 Å². The van der Waals surface area contributed by atoms with Gasteiger partial charge in [-0.2, -0.15) is 0 Å². The molecule has 2 rings (SSSR count). The van der Waals surface area contributed by atoms with Gasteiger partial charge in [-0.3, -0.25) is 9.59 Å². The summed E-state index contributed by atoms with van der Waals surface area (Å²) < 4.78 is 0. The maximum absolute atomic E-state index is 12.1. The van der Waals surface area contributed by atoms with Crippen molar-refractivity contribution < 1.29 is 9.59 Å². The van der Waals surface area contributed by atoms with Crippen LogP contribution in [0.15, 0.2) is 5.38 Å². The molecule has 1 aromatic heterocycles. The summed E-state index contributed by atoms with van der Waals surface area (Å²) in [6, 6.07) is 0.671. The van der Waals surface area contributed by atoms with E-state index in [0.717, 1.165) is 19.4 Å². The summed E-state index contributed by atoms with van der Waals surface area (Å²) in [6.45, 7) is 8.62. The Balaban J connectivity index is 0.00000288. The van der Waals surface area contributed by atoms with E-state index < -0.39 is 5.41 Å². The zero-order valence-electron chi connectivity index (χ0n) is 15.0. The highest BCUT2D eigenvalue weighted by Crippen LogP contribution is 2.20. The summed E-state index contributed by atoms with van der Waals surface area (Å²) in [5.41, 5.74) is 0.230. The zero-order chi connectivity index (χ0) is 17.0. The SMILES string of the molecule is CC1CC(NC(=O)Cc2csc(NC(=O)C(C)(C)C)n2)CCN1.Cl.Cl. The number of piperidine rings is 1. The van der Waals surface area contributed by atoms with Gasteiger partial charge in [0.05, 0.1) is 12.1 Å². The van der Waals surface area contributed by atoms with Crippen LogP contribution in [0.25, 0.3) is 0 Å². The number of amides is 2. The fourth-order valence-corrected chi connectivity index (χ4v) is 3.14. The van der Waals surface area contributed by atoms with Gasteiger partial charge in [-0.05, 0) is 26.3 Å². The van der Waals surface area contributed by atoms with Crippen LogP contribution in [0.2, 0.25) is 0 Å². The number of nitrogens with zero attached hydrogens (tertiary/aromatic N) is 1. The summed E-state index contributed by atoms with van der Waals surface area (Å²) in [5.74, 6) is -0.0883. The fraction of sp³-hybridized carbons (Fsp3) is 0.688. The van der Waals surface area contributed by atoms with Crippen LogP contribution in [0.5, 0.6) is 0 Å². The normalized spacial score (nSPS) is 20.0. The molecule has 0 radical (unpaired) electrons. The number of rotatable bonds is 4. The molecule has 9 heteroatoms. The van der Waals surface area contributed by atoms with Crippen LogP contribution in [0.3, 0.4) is 0 Å². The van der Waals surface area contributed by atoms with Crippen molar-refractivity contribution in [2.24, 2.45) is 5.41 Å². The third-order valence-electron chi connectivity index (χ3n) is 3.78. The quantitative estimate of drug-likeness (QED) is 0.712. The molecular formula is C16H28Cl2N4O2S. The highest BCUT2D eigenvalue weighted by Gasteiger charge is 2.23. The number of hydrogen-bond acceptors (Lipinski definition) is 5. The van der Waals surface area contributed by atoms with Gasteiger partial charge in [-0.1, -0.05) is 20.8 Å². The molecule has 0 spiro atoms. The van der Waals surface area contributed by atoms with Crippen LogP contribution >= 0.6 is 36.2 Å². The van der Waals surface area contributed by atoms with Crippen molar-refractivity contribution in [3.63, 3.8) is 0 Å². The predicted molar refractivity (Wildman–Crippen MR) is 107 cm³/mol. The van der Waals surface area contributed by atoms with Crippen molar-refractivity contribution in [3.05, 3.63) is 11.1 Å². The van der Waals surface area contributed by atoms with Gasteiger partial charge in [0, 0.05) is 22.9 Å². The molecule has 6 nitrogen and oxygen atoms in total. The van der Waals surface area contributed by atoms with Gasteiger partial charge >= 0.3 is 0 Å². The van der Waals surface area contributed by atoms with Crippen molar-refractivity contribution in [2.75, 3.05) is 11.9 Å². The van der Waals surface area contributed by atoms with Crippen LogP contribution in [0, 0.1) is 5.41 Å². The minimum atomic E-state index is -0.463. The zero-order valence-corrected chi connectivity index (χ0v) is 17.5. The van der Waals surface area contributed by atoms with E-state index in [1.54, 1.807) is 0 Å². The van der Waals surface area contributed by atoms with Crippen LogP contribution < -0.4 is 16.0 Å². The molecular weight excluding hydrogens is 383 g/mol. The van der Waals surface area contributed by atoms with Crippen molar-refractivity contribution in [2.45, 2.75) is 59.0 Å². The maximum Gasteiger partial charge on any atom is 0.231 e. The molecule has 2 heterocycles. The molecule has 25 heavy (non-hydrogen) atoms. The molecule has 1 aliphatic heterocycles. The third kappa shape index (κ3) is 7.90. The molecule has 1 aromatic rings. The van der Waals surface area contributed by atoms with Gasteiger partial charge in [-0.15, -0.1) is 36.2 Å². The van der Waals surface area contributed by atoms with E-state index in [0.29, 0.717) is 16.9 Å². The lowest BCUT2D eigenvalue weighted by Crippen LogP contribution is -2.46. The van der Waals surface area contributed by atoms with E-state index in [9.17, 15) is 9.59 Å². The van der Waals surface area contributed by atoms with Crippen molar-refractivity contribution in [1.29, 1.82) is 0 Å². The second-order valence-corrected chi connectivity index (χ2v) is 8.03. The van der Waals surface area contributed by atoms with E-state index >= 15 is 0 Å². The lowest BCUT2D eigenvalue weighted by Gasteiger charge is -2.28. The van der Waals surface area contributed by atoms with Crippen LogP contribution in [0.4, 0.5) is 5.13 Å². The number of nitrogens with one attached hydrogen (secondary N) is 3. The standard InChI is InChI=1S/C16H26N4O2S.2ClH/c1-10-7-11(5-6-17-10)18-13(21)8-12-9-23-15(19-12)20-14(22)16(2,3)4;;/h9-11,17H,5-8H2,1-4H3,(H,18,21)(H,19,20,22);2*1H. The molecule has 1 aliphatic rings. The Labute approximate surface area is 165 Å². The van der Waals surface area contributed by atoms with E-state index in [4.69, 9.17) is 0 Å². The molecule has 0 saturated carbocycles. The minimum Gasteiger partial charge on any atom is -0.353 e. The maximum atomic E-state index is 12.1. The summed E-state index contributed by atoms with van der Waals surface area (Å²) in [5, 5.41) is 11.6. The molecule has 0 bridgehead atoms. The van der Waals surface area contributed by atoms with Gasteiger partial charge in [0.25, 0.3) is 0 Å². The Morgan fingerprint density at radius 1 is 1.36 bits per heavy atom. The number of anilines is 1. The summed E-state index contributed by atoms with van der Waals surface area (Å²) in [7, 11) is 0. The van der Waals surface area contributed by atoms with Crippen LogP contribution in [-0.4, -0.2) is 35.4 Å². The molecule has 2 atom stereocenters. The van der Waals surface area contributed by atoms with E-state index in [2.05, 4.69) is 27.9 Å². The van der Waals surface area contributed by atoms with Gasteiger partial charge in [0.15, 0.2) is 5.13 Å². The second kappa shape index (κ2) is 10.3. The molecule has 144 valence electrons. The monoisotopic (exact) mass is 410 g/mol. The number of carbonyl (C=O) groups excluding carboxylic acids is 2. The van der Waals surface area contributed by atoms with Gasteiger partial charge in [0.1, 0.15) is 0 Å². The first kappa shape index (κ1) is 24.1. The summed E-state index contributed by atoms with van der Waals surface area (Å²) in [4.78, 5) is 28.4. The Hall–Kier alpha value is -0.890. The fourth-order valence-electron chi connectivity index (χ4n) is 2.44. The van der Waals surface area contributed by atoms with Gasteiger partial charge < -0.3 is 16.0 Å². The number of aromatic nitrogens is 1. The van der Waals surface area contributed by atoms with Crippen molar-refractivity contribution >= 4 is 53.1 Å². The minimum absolute atomic E-state index is 0. The summed E-state index contributed by atoms with van der Waals surface area (Å²) >= 11 is 1.35. The molecule has 0 aromatic carbocycles. The smallest absolute Gasteiger partial charge is 0.231 e. The Bertz CT molecular complexity index is 575. The van der Waals surface area contributed by atoms with Crippen LogP contribution in [0.1, 0.15) is 46.2 Å². The van der Waals surface area contributed by atoms with Crippen molar-refractivity contribution in [1.82, 2.24) is 15.6 Å². The predicted octanol–water partition coefficient (Wildman–Crippen LogP) is 2.77. The third-order valence-corrected chi connectivity index (χ3v) is 4.59. The molecule has 0 aliphatic carbocycles. The number of thiazole rings is 1. The first-order chi connectivity index (χ1) is 10.7. The van der Waals surface area contributed by atoms with Crippen molar-refractivity contribution in [3.8, 4) is 0 Å². The Kier molecular flexibility index (Phi) is 9.94. The lowest BCUT2D eigenvalue weighted by atomic mass is 9.96. The largest absolute Gasteiger partial charge is 0.353 e. The highest BCUT2D eigenvalue weighted by molar-refractivity contribution is 7.13. The molecule has 2 amide bonds. The second-order valence-electron chi connectivity index (χ2n) is 7.17. The average molecular weight is 411 g/mol. The first-order valence-corrected chi connectivity index (χ1v) is 8.90. The topological polar surface area (TPSA) is 83.1 Å². The van der Waals surface area contributed by atoms with Gasteiger partial charge in [0.2, 0.25) is 11.8 Å². The molecule has 1 saturated heterocycles. The first-order valence-electron chi connectivity index (χ1n) is 8.02. The average Bonchev–Trinajstić information content (AvgIpc) is 2.84. The van der Waals surface area contributed by atoms with E-state index in [-0.39, 0.29) is 49.1 Å². The molecule has 3 N–H and O–H groups in total. The Morgan fingerprint density at radius 2 is 2.04 bits per heavy atom. The lowest BCUT2D eigenvalue weighted by molar-refractivity contribution is -0.123. The number of halogens is 2. The van der Waals surface area contributed by atoms with Gasteiger partial charge in [-0.25, -0.2) is 4.98 Å². The Morgan fingerprint density at radius 3 is 2.64 bits per heavy atom. The van der Waals surface area contributed by atoms with E-state index in [1.165, 1.54) is 11.3 Å². The number of hydrogen-bond donors (Lipinski definition) is 3. The van der Waals surface area contributed by atoms with E-state index in [1.807, 2.05) is 26.2 Å². The highest BCUT2D eigenvalue weighted by atomic mass is 35.5.